The highest BCUT2D eigenvalue weighted by atomic mass is 32.1. The van der Waals surface area contributed by atoms with Crippen LogP contribution in [0.25, 0.3) is 0 Å². The molecule has 39 heavy (non-hydrogen) atoms. The van der Waals surface area contributed by atoms with E-state index in [9.17, 15) is 14.4 Å². The van der Waals surface area contributed by atoms with Crippen molar-refractivity contribution in [1.82, 2.24) is 9.47 Å². The SMILES string of the molecule is CN(Cc1ccccc1)C(=O)c1ccc(N2CC3CC(C2)c2cccc(=O)n2C3)c(NC(=O)c2cccs2)c1. The molecule has 0 saturated carbocycles. The first-order valence-corrected chi connectivity index (χ1v) is 14.1. The first-order chi connectivity index (χ1) is 19.0. The lowest BCUT2D eigenvalue weighted by molar-refractivity contribution is 0.0784. The summed E-state index contributed by atoms with van der Waals surface area (Å²) in [6.45, 7) is 2.70. The minimum Gasteiger partial charge on any atom is -0.369 e. The number of nitrogens with zero attached hydrogens (tertiary/aromatic N) is 3. The number of hydrogen-bond acceptors (Lipinski definition) is 5. The van der Waals surface area contributed by atoms with Gasteiger partial charge in [0.1, 0.15) is 0 Å². The number of fused-ring (bicyclic) bond motifs is 4. The molecule has 2 atom stereocenters. The molecule has 2 aliphatic heterocycles. The summed E-state index contributed by atoms with van der Waals surface area (Å²) in [6.07, 6.45) is 1.04. The van der Waals surface area contributed by atoms with Crippen molar-refractivity contribution in [3.63, 3.8) is 0 Å². The zero-order valence-corrected chi connectivity index (χ0v) is 22.6. The van der Waals surface area contributed by atoms with Crippen LogP contribution in [0.4, 0.5) is 11.4 Å². The molecule has 2 aromatic heterocycles. The third-order valence-electron chi connectivity index (χ3n) is 7.67. The number of piperidine rings is 1. The maximum Gasteiger partial charge on any atom is 0.265 e. The Labute approximate surface area is 231 Å². The van der Waals surface area contributed by atoms with E-state index >= 15 is 0 Å². The molecule has 7 nitrogen and oxygen atoms in total. The summed E-state index contributed by atoms with van der Waals surface area (Å²) in [5, 5.41) is 4.97. The Kier molecular flexibility index (Phi) is 6.79. The van der Waals surface area contributed by atoms with Crippen LogP contribution >= 0.6 is 11.3 Å². The maximum atomic E-state index is 13.4. The first-order valence-electron chi connectivity index (χ1n) is 13.2. The molecule has 1 N–H and O–H groups in total. The van der Waals surface area contributed by atoms with Crippen molar-refractivity contribution in [2.24, 2.45) is 5.92 Å². The molecule has 2 bridgehead atoms. The van der Waals surface area contributed by atoms with Gasteiger partial charge in [-0.05, 0) is 53.6 Å². The quantitative estimate of drug-likeness (QED) is 0.373. The topological polar surface area (TPSA) is 74.7 Å². The number of rotatable bonds is 6. The monoisotopic (exact) mass is 538 g/mol. The zero-order chi connectivity index (χ0) is 26.9. The molecule has 0 spiro atoms. The van der Waals surface area contributed by atoms with Crippen molar-refractivity contribution in [2.45, 2.75) is 25.4 Å². The molecule has 0 aliphatic carbocycles. The second-order valence-corrected chi connectivity index (χ2v) is 11.4. The molecule has 1 fully saturated rings. The average Bonchev–Trinajstić information content (AvgIpc) is 3.49. The van der Waals surface area contributed by atoms with Gasteiger partial charge in [0.15, 0.2) is 0 Å². The van der Waals surface area contributed by atoms with E-state index in [0.29, 0.717) is 35.1 Å². The molecule has 1 saturated heterocycles. The van der Waals surface area contributed by atoms with Crippen LogP contribution in [0, 0.1) is 5.92 Å². The van der Waals surface area contributed by atoms with Crippen LogP contribution in [-0.2, 0) is 13.1 Å². The van der Waals surface area contributed by atoms with Crippen molar-refractivity contribution in [2.75, 3.05) is 30.4 Å². The molecule has 198 valence electrons. The molecule has 2 unspecified atom stereocenters. The van der Waals surface area contributed by atoms with Gasteiger partial charge < -0.3 is 19.7 Å². The van der Waals surface area contributed by atoms with Gasteiger partial charge in [0, 0.05) is 56.5 Å². The number of carbonyl (C=O) groups is 2. The lowest BCUT2D eigenvalue weighted by Gasteiger charge is -2.44. The number of aromatic nitrogens is 1. The molecule has 2 amide bonds. The highest BCUT2D eigenvalue weighted by Gasteiger charge is 2.35. The lowest BCUT2D eigenvalue weighted by atomic mass is 9.83. The number of carbonyl (C=O) groups excluding carboxylic acids is 2. The first kappa shape index (κ1) is 25.1. The van der Waals surface area contributed by atoms with Gasteiger partial charge in [-0.25, -0.2) is 0 Å². The average molecular weight is 539 g/mol. The number of amides is 2. The van der Waals surface area contributed by atoms with Gasteiger partial charge in [-0.2, -0.15) is 0 Å². The molecule has 8 heteroatoms. The molecule has 4 heterocycles. The van der Waals surface area contributed by atoms with Gasteiger partial charge in [0.25, 0.3) is 17.4 Å². The Morgan fingerprint density at radius 3 is 2.62 bits per heavy atom. The van der Waals surface area contributed by atoms with E-state index < -0.39 is 0 Å². The van der Waals surface area contributed by atoms with Crippen LogP contribution in [0.2, 0.25) is 0 Å². The number of thiophene rings is 1. The molecular formula is C31H30N4O3S. The van der Waals surface area contributed by atoms with Gasteiger partial charge in [-0.1, -0.05) is 42.5 Å². The third-order valence-corrected chi connectivity index (χ3v) is 8.54. The van der Waals surface area contributed by atoms with Gasteiger partial charge in [0.05, 0.1) is 16.3 Å². The van der Waals surface area contributed by atoms with Crippen LogP contribution in [0.5, 0.6) is 0 Å². The minimum atomic E-state index is -0.192. The zero-order valence-electron chi connectivity index (χ0n) is 21.7. The highest BCUT2D eigenvalue weighted by molar-refractivity contribution is 7.12. The van der Waals surface area contributed by atoms with Gasteiger partial charge in [-0.15, -0.1) is 11.3 Å². The Balaban J connectivity index is 1.31. The van der Waals surface area contributed by atoms with Crippen LogP contribution in [-0.4, -0.2) is 41.4 Å². The number of nitrogens with one attached hydrogen (secondary N) is 1. The van der Waals surface area contributed by atoms with Crippen molar-refractivity contribution in [1.29, 1.82) is 0 Å². The predicted molar refractivity (Wildman–Crippen MR) is 155 cm³/mol. The number of pyridine rings is 1. The Morgan fingerprint density at radius 2 is 1.82 bits per heavy atom. The van der Waals surface area contributed by atoms with Gasteiger partial charge in [0.2, 0.25) is 0 Å². The molecular weight excluding hydrogens is 508 g/mol. The van der Waals surface area contributed by atoms with E-state index in [1.54, 1.807) is 30.1 Å². The fourth-order valence-corrected chi connectivity index (χ4v) is 6.50. The van der Waals surface area contributed by atoms with Crippen molar-refractivity contribution in [3.8, 4) is 0 Å². The number of benzene rings is 2. The second-order valence-electron chi connectivity index (χ2n) is 10.4. The van der Waals surface area contributed by atoms with Crippen LogP contribution in [0.1, 0.15) is 43.6 Å². The fourth-order valence-electron chi connectivity index (χ4n) is 5.88. The Morgan fingerprint density at radius 1 is 0.974 bits per heavy atom. The summed E-state index contributed by atoms with van der Waals surface area (Å²) < 4.78 is 1.92. The summed E-state index contributed by atoms with van der Waals surface area (Å²) in [5.41, 5.74) is 4.22. The standard InChI is InChI=1S/C31H30N4O3S/c1-33(17-21-7-3-2-4-8-21)31(38)23-12-13-27(25(16-23)32-30(37)28-10-6-14-39-28)34-18-22-15-24(20-34)26-9-5-11-29(36)35(26)19-22/h2-14,16,22,24H,15,17-20H2,1H3,(H,32,37). The predicted octanol–water partition coefficient (Wildman–Crippen LogP) is 5.06. The van der Waals surface area contributed by atoms with Gasteiger partial charge >= 0.3 is 0 Å². The maximum absolute atomic E-state index is 13.4. The Bertz CT molecular complexity index is 1560. The summed E-state index contributed by atoms with van der Waals surface area (Å²) in [5.74, 6) is 0.254. The highest BCUT2D eigenvalue weighted by Crippen LogP contribution is 2.39. The van der Waals surface area contributed by atoms with E-state index in [1.165, 1.54) is 11.3 Å². The van der Waals surface area contributed by atoms with Crippen molar-refractivity contribution in [3.05, 3.63) is 116 Å². The summed E-state index contributed by atoms with van der Waals surface area (Å²) in [4.78, 5) is 43.6. The van der Waals surface area contributed by atoms with E-state index in [2.05, 4.69) is 16.3 Å². The summed E-state index contributed by atoms with van der Waals surface area (Å²) >= 11 is 1.38. The van der Waals surface area contributed by atoms with Crippen LogP contribution < -0.4 is 15.8 Å². The molecule has 0 radical (unpaired) electrons. The summed E-state index contributed by atoms with van der Waals surface area (Å²) in [7, 11) is 1.79. The smallest absolute Gasteiger partial charge is 0.265 e. The van der Waals surface area contributed by atoms with Crippen LogP contribution in [0.15, 0.2) is 89.0 Å². The largest absolute Gasteiger partial charge is 0.369 e. The second kappa shape index (κ2) is 10.5. The van der Waals surface area contributed by atoms with E-state index in [0.717, 1.165) is 36.5 Å². The normalized spacial score (nSPS) is 17.8. The number of hydrogen-bond donors (Lipinski definition) is 1. The molecule has 4 aromatic rings. The lowest BCUT2D eigenvalue weighted by Crippen LogP contribution is -2.47. The molecule has 2 aromatic carbocycles. The van der Waals surface area contributed by atoms with E-state index in [1.807, 2.05) is 64.5 Å². The third kappa shape index (κ3) is 5.12. The summed E-state index contributed by atoms with van der Waals surface area (Å²) in [6, 6.07) is 24.6. The fraction of sp³-hybridized carbons (Fsp3) is 0.258. The Hall–Kier alpha value is -4.17. The minimum absolute atomic E-state index is 0.0574. The molecule has 2 aliphatic rings. The molecule has 6 rings (SSSR count). The van der Waals surface area contributed by atoms with Crippen LogP contribution in [0.3, 0.4) is 0 Å². The van der Waals surface area contributed by atoms with Gasteiger partial charge in [-0.3, -0.25) is 14.4 Å². The number of anilines is 2. The van der Waals surface area contributed by atoms with Crippen molar-refractivity contribution >= 4 is 34.5 Å². The van der Waals surface area contributed by atoms with E-state index in [4.69, 9.17) is 0 Å². The van der Waals surface area contributed by atoms with Crippen molar-refractivity contribution < 1.29 is 9.59 Å². The van der Waals surface area contributed by atoms with E-state index in [-0.39, 0.29) is 23.3 Å².